The molecule has 0 aromatic rings. The second-order valence-electron chi connectivity index (χ2n) is 11.6. The molecule has 0 aromatic carbocycles. The number of ether oxygens (including phenoxy) is 1. The van der Waals surface area contributed by atoms with E-state index in [2.05, 4.69) is 24.8 Å². The summed E-state index contributed by atoms with van der Waals surface area (Å²) in [5, 5.41) is 9.44. The van der Waals surface area contributed by atoms with Crippen molar-refractivity contribution in [3.63, 3.8) is 0 Å². The predicted molar refractivity (Wildman–Crippen MR) is 156 cm³/mol. The number of hydrogen-bond donors (Lipinski definition) is 1. The summed E-state index contributed by atoms with van der Waals surface area (Å²) in [5.41, 5.74) is 3.30. The van der Waals surface area contributed by atoms with Gasteiger partial charge in [-0.1, -0.05) is 89.7 Å². The van der Waals surface area contributed by atoms with E-state index in [0.29, 0.717) is 6.61 Å². The molecule has 2 rings (SSSR count). The molecule has 0 bridgehead atoms. The van der Waals surface area contributed by atoms with E-state index in [0.717, 1.165) is 38.6 Å². The van der Waals surface area contributed by atoms with Crippen LogP contribution in [0.4, 0.5) is 0 Å². The molecular weight excluding hydrogens is 442 g/mol. The topological polar surface area (TPSA) is 32.7 Å². The van der Waals surface area contributed by atoms with Crippen molar-refractivity contribution in [2.75, 3.05) is 32.8 Å². The van der Waals surface area contributed by atoms with Crippen LogP contribution in [-0.2, 0) is 4.74 Å². The number of aliphatic hydroxyl groups is 1. The first kappa shape index (κ1) is 31.4. The summed E-state index contributed by atoms with van der Waals surface area (Å²) in [6, 6.07) is 0. The van der Waals surface area contributed by atoms with Gasteiger partial charge >= 0.3 is 0 Å². The van der Waals surface area contributed by atoms with Gasteiger partial charge < -0.3 is 14.7 Å². The third-order valence-electron chi connectivity index (χ3n) is 8.04. The van der Waals surface area contributed by atoms with Crippen molar-refractivity contribution >= 4 is 0 Å². The highest BCUT2D eigenvalue weighted by molar-refractivity contribution is 5.21. The van der Waals surface area contributed by atoms with Crippen LogP contribution >= 0.6 is 0 Å². The van der Waals surface area contributed by atoms with Crippen molar-refractivity contribution < 1.29 is 9.84 Å². The second-order valence-corrected chi connectivity index (χ2v) is 11.6. The lowest BCUT2D eigenvalue weighted by molar-refractivity contribution is 0.173. The molecule has 2 aliphatic rings. The summed E-state index contributed by atoms with van der Waals surface area (Å²) in [6.07, 6.45) is 30.1. The molecule has 0 atom stereocenters. The maximum absolute atomic E-state index is 9.44. The fourth-order valence-corrected chi connectivity index (χ4v) is 5.51. The van der Waals surface area contributed by atoms with Gasteiger partial charge in [-0.2, -0.15) is 0 Å². The Morgan fingerprint density at radius 3 is 1.97 bits per heavy atom. The largest absolute Gasteiger partial charge is 0.498 e. The Labute approximate surface area is 225 Å². The Kier molecular flexibility index (Phi) is 18.5. The average Bonchev–Trinajstić information content (AvgIpc) is 3.79. The normalized spacial score (nSPS) is 14.7. The van der Waals surface area contributed by atoms with Crippen molar-refractivity contribution in [1.29, 1.82) is 0 Å². The maximum Gasteiger partial charge on any atom is 0.0951 e. The van der Waals surface area contributed by atoms with Crippen molar-refractivity contribution in [1.82, 2.24) is 4.90 Å². The van der Waals surface area contributed by atoms with Crippen molar-refractivity contribution in [3.8, 4) is 0 Å². The van der Waals surface area contributed by atoms with E-state index in [1.54, 1.807) is 11.1 Å². The molecule has 0 heterocycles. The minimum absolute atomic E-state index is 0.295. The van der Waals surface area contributed by atoms with Crippen LogP contribution in [0.3, 0.4) is 0 Å². The van der Waals surface area contributed by atoms with Gasteiger partial charge in [0, 0.05) is 13.0 Å². The third-order valence-corrected chi connectivity index (χ3v) is 8.04. The minimum atomic E-state index is 0.295. The summed E-state index contributed by atoms with van der Waals surface area (Å²) in [6.45, 7) is 9.01. The lowest BCUT2D eigenvalue weighted by atomic mass is 9.95. The number of allylic oxidation sites excluding steroid dienone is 4. The highest BCUT2D eigenvalue weighted by Gasteiger charge is 2.19. The standard InChI is InChI=1S/C33H61NO2/c1-3-16-30(17-4-2)24-29-36-33(32-22-23-32)19-13-9-7-11-15-26-34(27-28-35)25-14-10-6-5-8-12-18-31-20-21-31/h18,30,35H,3-17,19-29H2,1-2H3. The number of aliphatic hydroxyl groups excluding tert-OH is 1. The van der Waals surface area contributed by atoms with E-state index in [4.69, 9.17) is 4.74 Å². The number of hydrogen-bond acceptors (Lipinski definition) is 3. The summed E-state index contributed by atoms with van der Waals surface area (Å²) >= 11 is 0. The number of nitrogens with zero attached hydrogens (tertiary/aromatic N) is 1. The Hall–Kier alpha value is -0.800. The molecular formula is C33H61NO2. The minimum Gasteiger partial charge on any atom is -0.498 e. The summed E-state index contributed by atoms with van der Waals surface area (Å²) in [7, 11) is 0. The van der Waals surface area contributed by atoms with Crippen LogP contribution in [0.15, 0.2) is 23.0 Å². The van der Waals surface area contributed by atoms with Crippen LogP contribution < -0.4 is 0 Å². The van der Waals surface area contributed by atoms with Gasteiger partial charge in [-0.25, -0.2) is 0 Å². The highest BCUT2D eigenvalue weighted by Crippen LogP contribution is 2.35. The van der Waals surface area contributed by atoms with Gasteiger partial charge in [-0.05, 0) is 88.8 Å². The van der Waals surface area contributed by atoms with Gasteiger partial charge in [-0.3, -0.25) is 0 Å². The van der Waals surface area contributed by atoms with Crippen LogP contribution in [0.5, 0.6) is 0 Å². The van der Waals surface area contributed by atoms with Crippen molar-refractivity contribution in [2.45, 2.75) is 149 Å². The van der Waals surface area contributed by atoms with E-state index in [-0.39, 0.29) is 0 Å². The van der Waals surface area contributed by atoms with Crippen molar-refractivity contribution in [3.05, 3.63) is 23.0 Å². The van der Waals surface area contributed by atoms with E-state index < -0.39 is 0 Å². The third kappa shape index (κ3) is 16.8. The molecule has 0 amide bonds. The lowest BCUT2D eigenvalue weighted by Crippen LogP contribution is -2.29. The fourth-order valence-electron chi connectivity index (χ4n) is 5.51. The highest BCUT2D eigenvalue weighted by atomic mass is 16.5. The first-order valence-corrected chi connectivity index (χ1v) is 16.1. The molecule has 0 radical (unpaired) electrons. The second kappa shape index (κ2) is 21.2. The summed E-state index contributed by atoms with van der Waals surface area (Å²) in [4.78, 5) is 2.49. The molecule has 36 heavy (non-hydrogen) atoms. The van der Waals surface area contributed by atoms with Crippen LogP contribution in [0.25, 0.3) is 0 Å². The molecule has 0 saturated heterocycles. The molecule has 2 fully saturated rings. The van der Waals surface area contributed by atoms with E-state index in [1.807, 2.05) is 0 Å². The first-order valence-electron chi connectivity index (χ1n) is 16.1. The Morgan fingerprint density at radius 1 is 0.778 bits per heavy atom. The number of rotatable bonds is 26. The molecule has 0 unspecified atom stereocenters. The smallest absolute Gasteiger partial charge is 0.0951 e. The lowest BCUT2D eigenvalue weighted by Gasteiger charge is -2.21. The zero-order chi connectivity index (χ0) is 25.7. The molecule has 210 valence electrons. The zero-order valence-corrected chi connectivity index (χ0v) is 24.3. The van der Waals surface area contributed by atoms with Crippen molar-refractivity contribution in [2.24, 2.45) is 5.92 Å². The maximum atomic E-state index is 9.44. The fraction of sp³-hybridized carbons (Fsp3) is 0.879. The van der Waals surface area contributed by atoms with Gasteiger partial charge in [0.05, 0.1) is 19.0 Å². The molecule has 2 aliphatic carbocycles. The van der Waals surface area contributed by atoms with E-state index >= 15 is 0 Å². The van der Waals surface area contributed by atoms with Gasteiger partial charge in [-0.15, -0.1) is 0 Å². The van der Waals surface area contributed by atoms with Crippen LogP contribution in [0, 0.1) is 5.92 Å². The predicted octanol–water partition coefficient (Wildman–Crippen LogP) is 9.35. The van der Waals surface area contributed by atoms with E-state index in [9.17, 15) is 5.11 Å². The molecule has 0 aliphatic heterocycles. The van der Waals surface area contributed by atoms with Crippen LogP contribution in [-0.4, -0.2) is 42.9 Å². The molecule has 1 N–H and O–H groups in total. The SMILES string of the molecule is CCCC(CCC)CCOC(CCCCCCCN(CCO)CCCCCCCC=C1CC1)=C1CC1. The molecule has 0 aromatic heterocycles. The quantitative estimate of drug-likeness (QED) is 0.0725. The van der Waals surface area contributed by atoms with Gasteiger partial charge in [0.2, 0.25) is 0 Å². The van der Waals surface area contributed by atoms with Gasteiger partial charge in [0.25, 0.3) is 0 Å². The Morgan fingerprint density at radius 2 is 1.39 bits per heavy atom. The summed E-state index contributed by atoms with van der Waals surface area (Å²) in [5.74, 6) is 2.21. The number of unbranched alkanes of at least 4 members (excludes halogenated alkanes) is 9. The zero-order valence-electron chi connectivity index (χ0n) is 24.3. The molecule has 2 saturated carbocycles. The average molecular weight is 504 g/mol. The van der Waals surface area contributed by atoms with Crippen LogP contribution in [0.2, 0.25) is 0 Å². The first-order chi connectivity index (χ1) is 17.8. The van der Waals surface area contributed by atoms with Gasteiger partial charge in [0.15, 0.2) is 0 Å². The van der Waals surface area contributed by atoms with Gasteiger partial charge in [0.1, 0.15) is 0 Å². The Bertz CT molecular complexity index is 578. The van der Waals surface area contributed by atoms with E-state index in [1.165, 1.54) is 134 Å². The monoisotopic (exact) mass is 503 g/mol. The molecule has 3 heteroatoms. The molecule has 3 nitrogen and oxygen atoms in total. The van der Waals surface area contributed by atoms with Crippen LogP contribution in [0.1, 0.15) is 149 Å². The Balaban J connectivity index is 1.45. The molecule has 0 spiro atoms. The summed E-state index contributed by atoms with van der Waals surface area (Å²) < 4.78 is 6.31.